The Labute approximate surface area is 109 Å². The van der Waals surface area contributed by atoms with Crippen LogP contribution in [0.15, 0.2) is 18.2 Å². The number of rotatable bonds is 1. The lowest BCUT2D eigenvalue weighted by molar-refractivity contribution is -0.168. The normalized spacial score (nSPS) is 17.0. The first-order chi connectivity index (χ1) is 8.73. The lowest BCUT2D eigenvalue weighted by atomic mass is 10.00. The highest BCUT2D eigenvalue weighted by atomic mass is 19.4. The van der Waals surface area contributed by atoms with Crippen LogP contribution in [0.1, 0.15) is 43.7 Å². The molecule has 1 aliphatic carbocycles. The molecule has 1 fully saturated rings. The van der Waals surface area contributed by atoms with Crippen molar-refractivity contribution < 1.29 is 17.6 Å². The van der Waals surface area contributed by atoms with Gasteiger partial charge in [0, 0.05) is 5.56 Å². The summed E-state index contributed by atoms with van der Waals surface area (Å²) in [5, 5.41) is 0. The summed E-state index contributed by atoms with van der Waals surface area (Å²) in [6, 6.07) is 4.20. The third-order valence-electron chi connectivity index (χ3n) is 3.33. The zero-order valence-corrected chi connectivity index (χ0v) is 10.7. The van der Waals surface area contributed by atoms with Crippen LogP contribution in [-0.2, 0) is 0 Å². The molecule has 0 spiro atoms. The van der Waals surface area contributed by atoms with Crippen molar-refractivity contribution in [3.05, 3.63) is 35.1 Å². The van der Waals surface area contributed by atoms with E-state index in [0.29, 0.717) is 5.56 Å². The first kappa shape index (κ1) is 13.9. The molecule has 1 saturated carbocycles. The van der Waals surface area contributed by atoms with Gasteiger partial charge >= 0.3 is 6.18 Å². The number of alkyl halides is 3. The fourth-order valence-corrected chi connectivity index (χ4v) is 1.81. The third-order valence-corrected chi connectivity index (χ3v) is 3.33. The van der Waals surface area contributed by atoms with Crippen molar-refractivity contribution in [3.8, 4) is 11.8 Å². The molecule has 4 heteroatoms. The topological polar surface area (TPSA) is 0 Å². The Bertz CT molecular complexity index is 539. The minimum atomic E-state index is -4.30. The van der Waals surface area contributed by atoms with Gasteiger partial charge in [-0.05, 0) is 42.5 Å². The molecule has 1 aromatic rings. The van der Waals surface area contributed by atoms with E-state index in [1.54, 1.807) is 6.07 Å². The molecule has 102 valence electrons. The molecule has 0 aliphatic heterocycles. The van der Waals surface area contributed by atoms with Crippen LogP contribution in [0.3, 0.4) is 0 Å². The standard InChI is InChI=1S/C15H14F4/c1-10(2)12-7-11(8-13(16)9-12)3-4-14(5-6-14)15(17,18)19/h7-10H,5-6H2,1-2H3. The van der Waals surface area contributed by atoms with E-state index in [0.717, 1.165) is 5.56 Å². The first-order valence-electron chi connectivity index (χ1n) is 6.14. The van der Waals surface area contributed by atoms with Crippen LogP contribution in [0.4, 0.5) is 17.6 Å². The summed E-state index contributed by atoms with van der Waals surface area (Å²) in [6.45, 7) is 3.79. The maximum absolute atomic E-state index is 13.4. The third kappa shape index (κ3) is 2.91. The van der Waals surface area contributed by atoms with Gasteiger partial charge in [0.05, 0.1) is 0 Å². The van der Waals surface area contributed by atoms with Gasteiger partial charge in [-0.1, -0.05) is 25.7 Å². The number of hydrogen-bond acceptors (Lipinski definition) is 0. The second-order valence-electron chi connectivity index (χ2n) is 5.26. The van der Waals surface area contributed by atoms with Gasteiger partial charge in [-0.2, -0.15) is 13.2 Å². The van der Waals surface area contributed by atoms with Crippen LogP contribution in [0.2, 0.25) is 0 Å². The van der Waals surface area contributed by atoms with Crippen molar-refractivity contribution in [1.29, 1.82) is 0 Å². The van der Waals surface area contributed by atoms with Crippen LogP contribution in [-0.4, -0.2) is 6.18 Å². The average Bonchev–Trinajstić information content (AvgIpc) is 3.05. The second kappa shape index (κ2) is 4.56. The minimum Gasteiger partial charge on any atom is -0.207 e. The summed E-state index contributed by atoms with van der Waals surface area (Å²) >= 11 is 0. The van der Waals surface area contributed by atoms with E-state index >= 15 is 0 Å². The molecule has 0 heterocycles. The average molecular weight is 270 g/mol. The van der Waals surface area contributed by atoms with E-state index < -0.39 is 17.4 Å². The Hall–Kier alpha value is -1.50. The predicted octanol–water partition coefficient (Wildman–Crippen LogP) is 4.64. The monoisotopic (exact) mass is 270 g/mol. The molecule has 0 unspecified atom stereocenters. The number of halogens is 4. The molecule has 0 bridgehead atoms. The van der Waals surface area contributed by atoms with Gasteiger partial charge in [0.2, 0.25) is 0 Å². The fourth-order valence-electron chi connectivity index (χ4n) is 1.81. The van der Waals surface area contributed by atoms with Crippen molar-refractivity contribution in [2.45, 2.75) is 38.8 Å². The molecule has 2 rings (SSSR count). The maximum atomic E-state index is 13.4. The zero-order valence-electron chi connectivity index (χ0n) is 10.7. The van der Waals surface area contributed by atoms with Crippen molar-refractivity contribution >= 4 is 0 Å². The summed E-state index contributed by atoms with van der Waals surface area (Å²) in [4.78, 5) is 0. The van der Waals surface area contributed by atoms with Gasteiger partial charge in [0.15, 0.2) is 0 Å². The largest absolute Gasteiger partial charge is 0.405 e. The molecule has 0 radical (unpaired) electrons. The van der Waals surface area contributed by atoms with E-state index in [9.17, 15) is 17.6 Å². The molecular formula is C15H14F4. The molecule has 0 N–H and O–H groups in total. The van der Waals surface area contributed by atoms with Gasteiger partial charge in [0.1, 0.15) is 11.2 Å². The Morgan fingerprint density at radius 2 is 1.79 bits per heavy atom. The van der Waals surface area contributed by atoms with Crippen molar-refractivity contribution in [3.63, 3.8) is 0 Å². The van der Waals surface area contributed by atoms with Gasteiger partial charge in [-0.15, -0.1) is 0 Å². The Morgan fingerprint density at radius 1 is 1.16 bits per heavy atom. The predicted molar refractivity (Wildman–Crippen MR) is 65.1 cm³/mol. The van der Waals surface area contributed by atoms with Crippen molar-refractivity contribution in [2.24, 2.45) is 5.41 Å². The SMILES string of the molecule is CC(C)c1cc(F)cc(C#CC2(C(F)(F)F)CC2)c1. The number of hydrogen-bond donors (Lipinski definition) is 0. The van der Waals surface area contributed by atoms with Crippen LogP contribution in [0, 0.1) is 23.1 Å². The second-order valence-corrected chi connectivity index (χ2v) is 5.26. The van der Waals surface area contributed by atoms with E-state index in [-0.39, 0.29) is 18.8 Å². The maximum Gasteiger partial charge on any atom is 0.405 e. The van der Waals surface area contributed by atoms with E-state index in [4.69, 9.17) is 0 Å². The summed E-state index contributed by atoms with van der Waals surface area (Å²) < 4.78 is 51.5. The number of benzene rings is 1. The molecule has 19 heavy (non-hydrogen) atoms. The van der Waals surface area contributed by atoms with E-state index in [1.807, 2.05) is 13.8 Å². The summed E-state index contributed by atoms with van der Waals surface area (Å²) in [7, 11) is 0. The van der Waals surface area contributed by atoms with Crippen LogP contribution < -0.4 is 0 Å². The highest BCUT2D eigenvalue weighted by Crippen LogP contribution is 2.57. The summed E-state index contributed by atoms with van der Waals surface area (Å²) in [5.41, 5.74) is -0.822. The van der Waals surface area contributed by atoms with E-state index in [1.165, 1.54) is 12.1 Å². The highest BCUT2D eigenvalue weighted by Gasteiger charge is 2.62. The Kier molecular flexibility index (Phi) is 3.34. The fraction of sp³-hybridized carbons (Fsp3) is 0.467. The lowest BCUT2D eigenvalue weighted by Crippen LogP contribution is -2.22. The molecule has 0 atom stereocenters. The van der Waals surface area contributed by atoms with Crippen LogP contribution >= 0.6 is 0 Å². The van der Waals surface area contributed by atoms with Gasteiger partial charge in [-0.25, -0.2) is 4.39 Å². The molecule has 0 nitrogen and oxygen atoms in total. The first-order valence-corrected chi connectivity index (χ1v) is 6.14. The molecule has 1 aliphatic rings. The quantitative estimate of drug-likeness (QED) is 0.515. The molecule has 0 aromatic heterocycles. The van der Waals surface area contributed by atoms with Crippen molar-refractivity contribution in [2.75, 3.05) is 0 Å². The summed E-state index contributed by atoms with van der Waals surface area (Å²) in [5.74, 6) is 4.40. The van der Waals surface area contributed by atoms with E-state index in [2.05, 4.69) is 11.8 Å². The zero-order chi connectivity index (χ0) is 14.3. The molecule has 0 amide bonds. The van der Waals surface area contributed by atoms with Gasteiger partial charge < -0.3 is 0 Å². The molecular weight excluding hydrogens is 256 g/mol. The highest BCUT2D eigenvalue weighted by molar-refractivity contribution is 5.41. The Balaban J connectivity index is 2.31. The van der Waals surface area contributed by atoms with Gasteiger partial charge in [-0.3, -0.25) is 0 Å². The Morgan fingerprint density at radius 3 is 2.26 bits per heavy atom. The van der Waals surface area contributed by atoms with Crippen LogP contribution in [0.5, 0.6) is 0 Å². The smallest absolute Gasteiger partial charge is 0.207 e. The van der Waals surface area contributed by atoms with Crippen molar-refractivity contribution in [1.82, 2.24) is 0 Å². The minimum absolute atomic E-state index is 0.0376. The summed E-state index contributed by atoms with van der Waals surface area (Å²) in [6.07, 6.45) is -4.22. The van der Waals surface area contributed by atoms with Gasteiger partial charge in [0.25, 0.3) is 0 Å². The molecule has 1 aromatic carbocycles. The molecule has 0 saturated heterocycles. The lowest BCUT2D eigenvalue weighted by Gasteiger charge is -2.12. The van der Waals surface area contributed by atoms with Crippen LogP contribution in [0.25, 0.3) is 0 Å².